The molecule has 3 rings (SSSR count). The monoisotopic (exact) mass is 803 g/mol. The van der Waals surface area contributed by atoms with Crippen LogP contribution in [0.25, 0.3) is 0 Å². The molecule has 3 atom stereocenters. The molecule has 2 aliphatic rings. The Morgan fingerprint density at radius 2 is 1.76 bits per heavy atom. The minimum Gasteiger partial charge on any atom is -0.481 e. The number of ether oxygens (including phenoxy) is 1. The summed E-state index contributed by atoms with van der Waals surface area (Å²) in [6.45, 7) is 9.46. The number of carboxylic acids is 1. The SMILES string of the molecule is C=C1\C=C(S(=O)(=O)OC)/C=C\[N+](CCCCCC(=O)O)=C(\C=C\C=C\C=C\C=C2\Nc3ccc(SOC)cc3C2(C)CCCS(=O)OC)C1(C)CCOC. The molecule has 0 bridgehead atoms. The fourth-order valence-corrected chi connectivity index (χ4v) is 8.17. The largest absolute Gasteiger partial charge is 0.481 e. The van der Waals surface area contributed by atoms with Gasteiger partial charge in [0.1, 0.15) is 11.4 Å². The quantitative estimate of drug-likeness (QED) is 0.0391. The van der Waals surface area contributed by atoms with Crippen molar-refractivity contribution in [1.29, 1.82) is 0 Å². The first kappa shape index (κ1) is 45.0. The van der Waals surface area contributed by atoms with Gasteiger partial charge in [0.15, 0.2) is 23.0 Å². The summed E-state index contributed by atoms with van der Waals surface area (Å²) in [5.74, 6) is -0.382. The fourth-order valence-electron chi connectivity index (χ4n) is 6.44. The van der Waals surface area contributed by atoms with Crippen LogP contribution in [0.5, 0.6) is 0 Å². The van der Waals surface area contributed by atoms with Crippen LogP contribution < -0.4 is 5.32 Å². The minimum absolute atomic E-state index is 0.00750. The van der Waals surface area contributed by atoms with Crippen molar-refractivity contribution in [1.82, 2.24) is 0 Å². The third kappa shape index (κ3) is 12.3. The lowest BCUT2D eigenvalue weighted by molar-refractivity contribution is -0.460. The Bertz CT molecular complexity index is 1840. The number of fused-ring (bicyclic) bond motifs is 1. The topological polar surface area (TPSA) is 140 Å². The Kier molecular flexibility index (Phi) is 18.1. The molecular weight excluding hydrogens is 749 g/mol. The van der Waals surface area contributed by atoms with Gasteiger partial charge in [-0.3, -0.25) is 13.2 Å². The van der Waals surface area contributed by atoms with Gasteiger partial charge in [0.05, 0.1) is 26.7 Å². The maximum atomic E-state index is 12.8. The summed E-state index contributed by atoms with van der Waals surface area (Å²) < 4.78 is 60.2. The number of hydrogen-bond acceptors (Lipinski definition) is 10. The zero-order chi connectivity index (χ0) is 39.8. The van der Waals surface area contributed by atoms with E-state index < -0.39 is 32.6 Å². The molecule has 2 N–H and O–H groups in total. The highest BCUT2D eigenvalue weighted by atomic mass is 32.2. The molecular formula is C40H55N2O9S3+. The first-order chi connectivity index (χ1) is 25.7. The molecule has 296 valence electrons. The molecule has 1 aromatic rings. The van der Waals surface area contributed by atoms with Gasteiger partial charge in [-0.1, -0.05) is 37.0 Å². The van der Waals surface area contributed by atoms with Crippen molar-refractivity contribution in [2.24, 2.45) is 5.41 Å². The van der Waals surface area contributed by atoms with Gasteiger partial charge >= 0.3 is 5.97 Å². The average molecular weight is 804 g/mol. The minimum atomic E-state index is -4.01. The van der Waals surface area contributed by atoms with Crippen LogP contribution in [0.2, 0.25) is 0 Å². The van der Waals surface area contributed by atoms with E-state index in [0.29, 0.717) is 56.6 Å². The van der Waals surface area contributed by atoms with Crippen molar-refractivity contribution < 1.29 is 44.4 Å². The molecule has 14 heteroatoms. The molecule has 0 saturated carbocycles. The molecule has 2 heterocycles. The lowest BCUT2D eigenvalue weighted by Crippen LogP contribution is -2.36. The van der Waals surface area contributed by atoms with Gasteiger partial charge in [-0.2, -0.15) is 8.42 Å². The maximum Gasteiger partial charge on any atom is 0.303 e. The molecule has 0 radical (unpaired) electrons. The van der Waals surface area contributed by atoms with Crippen molar-refractivity contribution in [2.45, 2.75) is 69.1 Å². The molecule has 0 spiro atoms. The summed E-state index contributed by atoms with van der Waals surface area (Å²) in [6, 6.07) is 6.22. The lowest BCUT2D eigenvalue weighted by atomic mass is 9.74. The number of nitrogens with one attached hydrogen (secondary N) is 1. The van der Waals surface area contributed by atoms with E-state index in [9.17, 15) is 17.4 Å². The number of rotatable bonds is 22. The molecule has 11 nitrogen and oxygen atoms in total. The number of nitrogens with zero attached hydrogens (tertiary/aromatic N) is 1. The number of allylic oxidation sites excluding steroid dienone is 11. The molecule has 0 aliphatic carbocycles. The molecule has 0 aromatic heterocycles. The van der Waals surface area contributed by atoms with Crippen LogP contribution in [0.4, 0.5) is 5.69 Å². The number of aliphatic carboxylic acids is 1. The average Bonchev–Trinajstić information content (AvgIpc) is 3.41. The van der Waals surface area contributed by atoms with Gasteiger partial charge in [-0.25, -0.2) is 8.78 Å². The van der Waals surface area contributed by atoms with E-state index in [0.717, 1.165) is 41.1 Å². The second-order valence-electron chi connectivity index (χ2n) is 13.3. The normalized spacial score (nSPS) is 24.8. The Morgan fingerprint density at radius 1 is 1.02 bits per heavy atom. The fraction of sp³-hybridized carbons (Fsp3) is 0.450. The third-order valence-electron chi connectivity index (χ3n) is 9.69. The van der Waals surface area contributed by atoms with Gasteiger partial charge in [0.2, 0.25) is 0 Å². The van der Waals surface area contributed by atoms with Crippen LogP contribution in [-0.4, -0.2) is 81.3 Å². The zero-order valence-corrected chi connectivity index (χ0v) is 34.6. The van der Waals surface area contributed by atoms with Gasteiger partial charge in [-0.15, -0.1) is 0 Å². The smallest absolute Gasteiger partial charge is 0.303 e. The molecule has 1 aromatic carbocycles. The highest BCUT2D eigenvalue weighted by molar-refractivity contribution is 7.94. The van der Waals surface area contributed by atoms with Crippen LogP contribution in [0, 0.1) is 5.41 Å². The Balaban J connectivity index is 1.94. The van der Waals surface area contributed by atoms with Crippen LogP contribution in [0.15, 0.2) is 107 Å². The number of hydrogen-bond donors (Lipinski definition) is 2. The van der Waals surface area contributed by atoms with E-state index in [1.54, 1.807) is 26.5 Å². The predicted molar refractivity (Wildman–Crippen MR) is 218 cm³/mol. The van der Waals surface area contributed by atoms with Gasteiger partial charge in [-0.05, 0) is 87.4 Å². The highest BCUT2D eigenvalue weighted by Gasteiger charge is 2.40. The van der Waals surface area contributed by atoms with E-state index in [2.05, 4.69) is 37.0 Å². The molecule has 54 heavy (non-hydrogen) atoms. The van der Waals surface area contributed by atoms with Crippen molar-refractivity contribution in [3.63, 3.8) is 0 Å². The molecule has 0 saturated heterocycles. The van der Waals surface area contributed by atoms with Gasteiger partial charge in [0, 0.05) is 78.2 Å². The number of methoxy groups -OCH3 is 1. The molecule has 2 aliphatic heterocycles. The number of anilines is 1. The van der Waals surface area contributed by atoms with Gasteiger partial charge < -0.3 is 19.3 Å². The summed E-state index contributed by atoms with van der Waals surface area (Å²) in [4.78, 5) is 12.1. The lowest BCUT2D eigenvalue weighted by Gasteiger charge is -2.30. The zero-order valence-electron chi connectivity index (χ0n) is 32.2. The summed E-state index contributed by atoms with van der Waals surface area (Å²) in [6.07, 6.45) is 22.6. The van der Waals surface area contributed by atoms with Crippen LogP contribution in [-0.2, 0) is 48.7 Å². The second kappa shape index (κ2) is 21.6. The first-order valence-corrected chi connectivity index (χ1v) is 21.2. The van der Waals surface area contributed by atoms with Crippen molar-refractivity contribution in [3.05, 3.63) is 107 Å². The molecule has 0 amide bonds. The Hall–Kier alpha value is -3.37. The second-order valence-corrected chi connectivity index (χ2v) is 17.3. The van der Waals surface area contributed by atoms with Crippen LogP contribution >= 0.6 is 12.0 Å². The van der Waals surface area contributed by atoms with E-state index in [-0.39, 0.29) is 16.7 Å². The summed E-state index contributed by atoms with van der Waals surface area (Å²) in [7, 11) is 1.84. The van der Waals surface area contributed by atoms with E-state index >= 15 is 0 Å². The van der Waals surface area contributed by atoms with Gasteiger partial charge in [0.25, 0.3) is 10.1 Å². The summed E-state index contributed by atoms with van der Waals surface area (Å²) in [5.41, 5.74) is 3.64. The Labute approximate surface area is 328 Å². The number of carboxylic acid groups (broad SMARTS) is 1. The first-order valence-electron chi connectivity index (χ1n) is 17.8. The Morgan fingerprint density at radius 3 is 2.44 bits per heavy atom. The molecule has 0 fully saturated rings. The van der Waals surface area contributed by atoms with Crippen LogP contribution in [0.1, 0.15) is 64.4 Å². The van der Waals surface area contributed by atoms with Crippen LogP contribution in [0.3, 0.4) is 0 Å². The number of unbranched alkanes of at least 4 members (excludes halogenated alkanes) is 2. The third-order valence-corrected chi connectivity index (χ3v) is 12.6. The standard InChI is InChI=1S/C40H54N2O9S3/c1-31-29-33(54(46,47)51-7)22-26-42(25-15-11-14-19-38(43)44)37(39(31,2)24-27-48-4)18-13-10-8-9-12-17-36-40(3,23-16-28-53(45)50-6)34-30-32(52-49-5)20-21-35(34)41-36/h8-10,12-13,17-18,20-22,26,29-30H,1,11,14-16,19,23-25,27-28H2,2-7H3,(H,43,44)/p+1/b26-22-,33-29+. The number of benzene rings is 1. The summed E-state index contributed by atoms with van der Waals surface area (Å²) >= 11 is -0.00912. The van der Waals surface area contributed by atoms with E-state index in [1.807, 2.05) is 54.0 Å². The predicted octanol–water partition coefficient (Wildman–Crippen LogP) is 7.75. The maximum absolute atomic E-state index is 12.8. The number of carbonyl (C=O) groups is 1. The van der Waals surface area contributed by atoms with Crippen molar-refractivity contribution in [2.75, 3.05) is 52.7 Å². The van der Waals surface area contributed by atoms with E-state index in [1.165, 1.54) is 25.2 Å². The summed E-state index contributed by atoms with van der Waals surface area (Å²) in [5, 5.41) is 12.7. The van der Waals surface area contributed by atoms with Crippen molar-refractivity contribution in [3.8, 4) is 0 Å². The van der Waals surface area contributed by atoms with E-state index in [4.69, 9.17) is 22.4 Å². The van der Waals surface area contributed by atoms with Crippen molar-refractivity contribution >= 4 is 50.6 Å². The highest BCUT2D eigenvalue weighted by Crippen LogP contribution is 2.48. The molecule has 3 unspecified atom stereocenters.